The van der Waals surface area contributed by atoms with Crippen molar-refractivity contribution in [1.82, 2.24) is 6.15 Å². The van der Waals surface area contributed by atoms with Gasteiger partial charge < -0.3 is 51.9 Å². The SMILES string of the molecule is N.O.O.O=C([O-])C(=O)O.O=C([O-])C(=O)[O-].[Cr+3]. The molecule has 0 aliphatic carbocycles. The van der Waals surface area contributed by atoms with Gasteiger partial charge in [0.1, 0.15) is 0 Å². The first-order chi connectivity index (χ1) is 5.29. The number of aliphatic carboxylic acids is 4. The molecule has 0 aromatic heterocycles. The summed E-state index contributed by atoms with van der Waals surface area (Å²) in [5.41, 5.74) is 0. The summed E-state index contributed by atoms with van der Waals surface area (Å²) in [6, 6.07) is 0. The third kappa shape index (κ3) is 39.6. The normalized spacial score (nSPS) is 5.50. The van der Waals surface area contributed by atoms with Crippen molar-refractivity contribution in [3.05, 3.63) is 0 Å². The zero-order valence-electron chi connectivity index (χ0n) is 7.42. The van der Waals surface area contributed by atoms with E-state index in [1.807, 2.05) is 0 Å². The van der Waals surface area contributed by atoms with Crippen LogP contribution in [-0.2, 0) is 36.5 Å². The van der Waals surface area contributed by atoms with Crippen LogP contribution < -0.4 is 21.5 Å². The van der Waals surface area contributed by atoms with E-state index in [2.05, 4.69) is 0 Å². The maximum absolute atomic E-state index is 9.04. The van der Waals surface area contributed by atoms with Gasteiger partial charge in [-0.25, -0.2) is 4.79 Å². The fraction of sp³-hybridized carbons (Fsp3) is 0. The smallest absolute Gasteiger partial charge is 0.543 e. The van der Waals surface area contributed by atoms with Crippen LogP contribution in [0.2, 0.25) is 0 Å². The van der Waals surface area contributed by atoms with Crippen molar-refractivity contribution in [2.75, 3.05) is 0 Å². The first-order valence-corrected chi connectivity index (χ1v) is 2.15. The summed E-state index contributed by atoms with van der Waals surface area (Å²) in [4.78, 5) is 35.9. The zero-order chi connectivity index (χ0) is 10.3. The molecule has 12 heteroatoms. The van der Waals surface area contributed by atoms with Crippen LogP contribution in [0.1, 0.15) is 0 Å². The molecule has 0 spiro atoms. The Morgan fingerprint density at radius 2 is 0.875 bits per heavy atom. The molecule has 0 fully saturated rings. The Bertz CT molecular complexity index is 179. The van der Waals surface area contributed by atoms with Gasteiger partial charge in [0.05, 0.1) is 11.9 Å². The van der Waals surface area contributed by atoms with Crippen LogP contribution >= 0.6 is 0 Å². The Labute approximate surface area is 98.6 Å². The standard InChI is InChI=1S/2C2H2O4.Cr.H3N.2H2O/c2*3-1(4)2(5)6;;;;/h2*(H,3,4)(H,5,6);;1H3;2*1H2/q;;+3;;;/p-3. The third-order valence-electron chi connectivity index (χ3n) is 0.341. The van der Waals surface area contributed by atoms with E-state index in [-0.39, 0.29) is 34.5 Å². The van der Waals surface area contributed by atoms with Gasteiger partial charge in [-0.2, -0.15) is 0 Å². The van der Waals surface area contributed by atoms with Crippen LogP contribution in [0.3, 0.4) is 0 Å². The molecule has 95 valence electrons. The van der Waals surface area contributed by atoms with Crippen LogP contribution in [-0.4, -0.2) is 39.9 Å². The van der Waals surface area contributed by atoms with Crippen molar-refractivity contribution in [2.24, 2.45) is 0 Å². The molecule has 0 atom stereocenters. The van der Waals surface area contributed by atoms with Gasteiger partial charge >= 0.3 is 23.3 Å². The topological polar surface area (TPSA) is 256 Å². The second kappa shape index (κ2) is 19.0. The number of carboxylic acids is 4. The second-order valence-electron chi connectivity index (χ2n) is 1.17. The molecular weight excluding hydrogens is 274 g/mol. The van der Waals surface area contributed by atoms with Crippen molar-refractivity contribution in [1.29, 1.82) is 0 Å². The fourth-order valence-electron chi connectivity index (χ4n) is 0. The molecule has 16 heavy (non-hydrogen) atoms. The zero-order valence-corrected chi connectivity index (χ0v) is 8.70. The Morgan fingerprint density at radius 3 is 0.875 bits per heavy atom. The predicted molar refractivity (Wildman–Crippen MR) is 34.9 cm³/mol. The van der Waals surface area contributed by atoms with E-state index < -0.39 is 23.9 Å². The summed E-state index contributed by atoms with van der Waals surface area (Å²) in [6.45, 7) is 0. The number of rotatable bonds is 0. The molecule has 0 rings (SSSR count). The Hall–Kier alpha value is -1.71. The Balaban J connectivity index is -0.0000000250. The van der Waals surface area contributed by atoms with E-state index in [1.165, 1.54) is 0 Å². The summed E-state index contributed by atoms with van der Waals surface area (Å²) in [7, 11) is 0. The van der Waals surface area contributed by atoms with Crippen molar-refractivity contribution in [3.8, 4) is 0 Å². The number of carboxylic acid groups (broad SMARTS) is 4. The molecule has 0 unspecified atom stereocenters. The van der Waals surface area contributed by atoms with Crippen LogP contribution in [0.5, 0.6) is 0 Å². The third-order valence-corrected chi connectivity index (χ3v) is 0.341. The average molecular weight is 282 g/mol. The maximum atomic E-state index is 9.04. The average Bonchev–Trinajstić information content (AvgIpc) is 1.88. The minimum Gasteiger partial charge on any atom is -0.543 e. The van der Waals surface area contributed by atoms with E-state index in [9.17, 15) is 0 Å². The number of carbonyl (C=O) groups excluding carboxylic acids is 3. The molecule has 11 nitrogen and oxygen atoms in total. The number of hydrogen-bond acceptors (Lipinski definition) is 8. The summed E-state index contributed by atoms with van der Waals surface area (Å²) in [5, 5.41) is 34.2. The molecule has 0 amide bonds. The number of carbonyl (C=O) groups is 4. The van der Waals surface area contributed by atoms with E-state index in [0.717, 1.165) is 0 Å². The van der Waals surface area contributed by atoms with Gasteiger partial charge in [0, 0.05) is 0 Å². The van der Waals surface area contributed by atoms with E-state index >= 15 is 0 Å². The summed E-state index contributed by atoms with van der Waals surface area (Å²) >= 11 is 0. The molecule has 0 aliphatic heterocycles. The molecule has 0 heterocycles. The van der Waals surface area contributed by atoms with Gasteiger partial charge in [0.25, 0.3) is 0 Å². The molecule has 0 saturated carbocycles. The molecule has 8 N–H and O–H groups in total. The van der Waals surface area contributed by atoms with Gasteiger partial charge in [-0.15, -0.1) is 0 Å². The van der Waals surface area contributed by atoms with Gasteiger partial charge in [0.15, 0.2) is 5.97 Å². The van der Waals surface area contributed by atoms with Gasteiger partial charge in [0.2, 0.25) is 0 Å². The minimum absolute atomic E-state index is 0. The van der Waals surface area contributed by atoms with Crippen LogP contribution in [0.15, 0.2) is 0 Å². The summed E-state index contributed by atoms with van der Waals surface area (Å²) < 4.78 is 0. The monoisotopic (exact) mass is 282 g/mol. The van der Waals surface area contributed by atoms with Gasteiger partial charge in [-0.1, -0.05) is 0 Å². The van der Waals surface area contributed by atoms with E-state index in [4.69, 9.17) is 39.6 Å². The summed E-state index contributed by atoms with van der Waals surface area (Å²) in [6.07, 6.45) is 0. The van der Waals surface area contributed by atoms with E-state index in [0.29, 0.717) is 0 Å². The molecule has 0 bridgehead atoms. The minimum atomic E-state index is -2.19. The fourth-order valence-corrected chi connectivity index (χ4v) is 0. The molecule has 0 aromatic carbocycles. The first-order valence-electron chi connectivity index (χ1n) is 2.15. The van der Waals surface area contributed by atoms with Crippen molar-refractivity contribution < 1.29 is 67.9 Å². The van der Waals surface area contributed by atoms with Crippen molar-refractivity contribution in [3.63, 3.8) is 0 Å². The van der Waals surface area contributed by atoms with Crippen molar-refractivity contribution in [2.45, 2.75) is 0 Å². The molecule has 1 radical (unpaired) electrons. The molecule has 0 saturated heterocycles. The van der Waals surface area contributed by atoms with Crippen LogP contribution in [0.4, 0.5) is 0 Å². The largest absolute Gasteiger partial charge is 3.00 e. The van der Waals surface area contributed by atoms with Crippen LogP contribution in [0.25, 0.3) is 0 Å². The molecule has 0 aromatic rings. The Kier molecular flexibility index (Phi) is 43.5. The second-order valence-corrected chi connectivity index (χ2v) is 1.17. The predicted octanol–water partition coefficient (Wildman–Crippen LogP) is -7.18. The Morgan fingerprint density at radius 1 is 0.750 bits per heavy atom. The molecular formula is C4H8CrNO10. The summed E-state index contributed by atoms with van der Waals surface area (Å²) in [5.74, 6) is -8.38. The maximum Gasteiger partial charge on any atom is 3.00 e. The van der Waals surface area contributed by atoms with Crippen molar-refractivity contribution >= 4 is 23.9 Å². The van der Waals surface area contributed by atoms with Crippen LogP contribution in [0, 0.1) is 0 Å². The quantitative estimate of drug-likeness (QED) is 0.399. The number of hydrogen-bond donors (Lipinski definition) is 2. The first kappa shape index (κ1) is 36.7. The van der Waals surface area contributed by atoms with Gasteiger partial charge in [-0.05, 0) is 0 Å². The van der Waals surface area contributed by atoms with E-state index in [1.54, 1.807) is 0 Å². The van der Waals surface area contributed by atoms with Gasteiger partial charge in [-0.3, -0.25) is 0 Å². The molecule has 0 aliphatic rings.